The van der Waals surface area contributed by atoms with Crippen LogP contribution >= 0.6 is 0 Å². The van der Waals surface area contributed by atoms with E-state index in [1.165, 1.54) is 0 Å². The molecule has 0 fully saturated rings. The predicted octanol–water partition coefficient (Wildman–Crippen LogP) is 1.13. The largest absolute Gasteiger partial charge is 0.391 e. The molecule has 0 bridgehead atoms. The van der Waals surface area contributed by atoms with E-state index in [0.29, 0.717) is 0 Å². The number of benzene rings is 1. The van der Waals surface area contributed by atoms with Gasteiger partial charge in [-0.3, -0.25) is 0 Å². The molecule has 0 radical (unpaired) electrons. The van der Waals surface area contributed by atoms with Crippen LogP contribution in [0, 0.1) is 0 Å². The van der Waals surface area contributed by atoms with E-state index >= 15 is 0 Å². The Balaban J connectivity index is 2.93. The van der Waals surface area contributed by atoms with Crippen LogP contribution in [-0.2, 0) is 0 Å². The Morgan fingerprint density at radius 1 is 1.36 bits per heavy atom. The third-order valence-corrected chi connectivity index (χ3v) is 2.29. The highest BCUT2D eigenvalue weighted by Gasteiger charge is 2.12. The number of rotatable bonds is 3. The van der Waals surface area contributed by atoms with Crippen LogP contribution in [0.5, 0.6) is 0 Å². The second-order valence-electron chi connectivity index (χ2n) is 3.76. The van der Waals surface area contributed by atoms with Crippen LogP contribution in [0.2, 0.25) is 0 Å². The van der Waals surface area contributed by atoms with Gasteiger partial charge in [0.1, 0.15) is 0 Å². The quantitative estimate of drug-likeness (QED) is 0.758. The van der Waals surface area contributed by atoms with Crippen molar-refractivity contribution < 1.29 is 5.11 Å². The molecule has 0 heterocycles. The molecule has 0 saturated carbocycles. The number of nitrogens with two attached hydrogens (primary N) is 1. The van der Waals surface area contributed by atoms with E-state index in [4.69, 9.17) is 5.73 Å². The summed E-state index contributed by atoms with van der Waals surface area (Å²) in [5.74, 6) is 0. The van der Waals surface area contributed by atoms with Crippen LogP contribution in [-0.4, -0.2) is 25.3 Å². The fraction of sp³-hybridized carbons (Fsp3) is 0.455. The van der Waals surface area contributed by atoms with Gasteiger partial charge in [-0.25, -0.2) is 0 Å². The summed E-state index contributed by atoms with van der Waals surface area (Å²) in [4.78, 5) is 2.01. The van der Waals surface area contributed by atoms with E-state index in [2.05, 4.69) is 0 Å². The second kappa shape index (κ2) is 4.44. The molecule has 3 heteroatoms. The minimum atomic E-state index is -0.521. The Morgan fingerprint density at radius 3 is 2.50 bits per heavy atom. The summed E-state index contributed by atoms with van der Waals surface area (Å²) < 4.78 is 0. The number of anilines is 1. The normalized spacial score (nSPS) is 14.9. The number of hydrogen-bond donors (Lipinski definition) is 2. The molecule has 78 valence electrons. The SMILES string of the molecule is C[C@H](O)[C@@H](N)c1cccc(N(C)C)c1. The van der Waals surface area contributed by atoms with Gasteiger partial charge in [-0.05, 0) is 24.6 Å². The lowest BCUT2D eigenvalue weighted by atomic mass is 10.0. The second-order valence-corrected chi connectivity index (χ2v) is 3.76. The van der Waals surface area contributed by atoms with Gasteiger partial charge in [0, 0.05) is 19.8 Å². The number of aliphatic hydroxyl groups excluding tert-OH is 1. The van der Waals surface area contributed by atoms with E-state index in [1.807, 2.05) is 43.3 Å². The number of hydrogen-bond acceptors (Lipinski definition) is 3. The zero-order chi connectivity index (χ0) is 10.7. The topological polar surface area (TPSA) is 49.5 Å². The predicted molar refractivity (Wildman–Crippen MR) is 59.4 cm³/mol. The van der Waals surface area contributed by atoms with Crippen molar-refractivity contribution in [3.05, 3.63) is 29.8 Å². The van der Waals surface area contributed by atoms with Crippen LogP contribution < -0.4 is 10.6 Å². The minimum Gasteiger partial charge on any atom is -0.391 e. The Bertz CT molecular complexity index is 297. The summed E-state index contributed by atoms with van der Waals surface area (Å²) in [6.07, 6.45) is -0.521. The Labute approximate surface area is 85.2 Å². The number of nitrogens with zero attached hydrogens (tertiary/aromatic N) is 1. The van der Waals surface area contributed by atoms with Gasteiger partial charge in [0.05, 0.1) is 12.1 Å². The lowest BCUT2D eigenvalue weighted by Crippen LogP contribution is -2.23. The molecule has 0 aliphatic carbocycles. The molecule has 2 atom stereocenters. The van der Waals surface area contributed by atoms with Crippen molar-refractivity contribution in [1.29, 1.82) is 0 Å². The lowest BCUT2D eigenvalue weighted by molar-refractivity contribution is 0.164. The molecule has 0 aliphatic heterocycles. The average molecular weight is 194 g/mol. The molecule has 14 heavy (non-hydrogen) atoms. The summed E-state index contributed by atoms with van der Waals surface area (Å²) in [6, 6.07) is 7.59. The Kier molecular flexibility index (Phi) is 3.49. The van der Waals surface area contributed by atoms with Gasteiger partial charge in [0.25, 0.3) is 0 Å². The molecule has 1 aromatic rings. The standard InChI is InChI=1S/C11H18N2O/c1-8(14)11(12)9-5-4-6-10(7-9)13(2)3/h4-8,11,14H,12H2,1-3H3/t8-,11+/m0/s1. The van der Waals surface area contributed by atoms with Crippen molar-refractivity contribution in [2.24, 2.45) is 5.73 Å². The third kappa shape index (κ3) is 2.47. The smallest absolute Gasteiger partial charge is 0.0704 e. The van der Waals surface area contributed by atoms with E-state index in [1.54, 1.807) is 6.92 Å². The van der Waals surface area contributed by atoms with Crippen molar-refractivity contribution in [3.63, 3.8) is 0 Å². The van der Waals surface area contributed by atoms with Gasteiger partial charge >= 0.3 is 0 Å². The molecule has 0 unspecified atom stereocenters. The molecular formula is C11H18N2O. The maximum absolute atomic E-state index is 9.37. The molecule has 1 rings (SSSR count). The van der Waals surface area contributed by atoms with Gasteiger partial charge in [-0.15, -0.1) is 0 Å². The first kappa shape index (κ1) is 11.0. The lowest BCUT2D eigenvalue weighted by Gasteiger charge is -2.18. The summed E-state index contributed by atoms with van der Waals surface area (Å²) in [5, 5.41) is 9.37. The fourth-order valence-corrected chi connectivity index (χ4v) is 1.29. The molecule has 0 aliphatic rings. The van der Waals surface area contributed by atoms with Crippen molar-refractivity contribution in [2.75, 3.05) is 19.0 Å². The first-order valence-electron chi connectivity index (χ1n) is 4.73. The van der Waals surface area contributed by atoms with Crippen molar-refractivity contribution in [2.45, 2.75) is 19.1 Å². The third-order valence-electron chi connectivity index (χ3n) is 2.29. The van der Waals surface area contributed by atoms with E-state index in [0.717, 1.165) is 11.3 Å². The van der Waals surface area contributed by atoms with Gasteiger partial charge in [-0.1, -0.05) is 12.1 Å². The van der Waals surface area contributed by atoms with Crippen LogP contribution in [0.3, 0.4) is 0 Å². The van der Waals surface area contributed by atoms with Gasteiger partial charge in [-0.2, -0.15) is 0 Å². The molecule has 0 spiro atoms. The first-order valence-corrected chi connectivity index (χ1v) is 4.73. The highest BCUT2D eigenvalue weighted by Crippen LogP contribution is 2.19. The zero-order valence-electron chi connectivity index (χ0n) is 8.94. The van der Waals surface area contributed by atoms with Crippen LogP contribution in [0.4, 0.5) is 5.69 Å². The fourth-order valence-electron chi connectivity index (χ4n) is 1.29. The van der Waals surface area contributed by atoms with Crippen LogP contribution in [0.25, 0.3) is 0 Å². The molecule has 1 aromatic carbocycles. The van der Waals surface area contributed by atoms with Crippen molar-refractivity contribution >= 4 is 5.69 Å². The highest BCUT2D eigenvalue weighted by atomic mass is 16.3. The first-order chi connectivity index (χ1) is 6.52. The number of aliphatic hydroxyl groups is 1. The molecule has 0 saturated heterocycles. The molecule has 3 N–H and O–H groups in total. The van der Waals surface area contributed by atoms with Gasteiger partial charge in [0.2, 0.25) is 0 Å². The maximum atomic E-state index is 9.37. The van der Waals surface area contributed by atoms with Gasteiger partial charge in [0.15, 0.2) is 0 Å². The molecule has 3 nitrogen and oxygen atoms in total. The Morgan fingerprint density at radius 2 is 2.00 bits per heavy atom. The monoisotopic (exact) mass is 194 g/mol. The highest BCUT2D eigenvalue weighted by molar-refractivity contribution is 5.47. The minimum absolute atomic E-state index is 0.310. The summed E-state index contributed by atoms with van der Waals surface area (Å²) in [6.45, 7) is 1.70. The summed E-state index contributed by atoms with van der Waals surface area (Å²) in [5.41, 5.74) is 7.90. The van der Waals surface area contributed by atoms with Crippen LogP contribution in [0.15, 0.2) is 24.3 Å². The van der Waals surface area contributed by atoms with Gasteiger partial charge < -0.3 is 15.7 Å². The molecular weight excluding hydrogens is 176 g/mol. The van der Waals surface area contributed by atoms with Crippen molar-refractivity contribution in [3.8, 4) is 0 Å². The zero-order valence-corrected chi connectivity index (χ0v) is 8.94. The summed E-state index contributed by atoms with van der Waals surface area (Å²) >= 11 is 0. The molecule has 0 amide bonds. The molecule has 0 aromatic heterocycles. The average Bonchev–Trinajstić information content (AvgIpc) is 2.16. The summed E-state index contributed by atoms with van der Waals surface area (Å²) in [7, 11) is 3.96. The van der Waals surface area contributed by atoms with Crippen molar-refractivity contribution in [1.82, 2.24) is 0 Å². The Hall–Kier alpha value is -1.06. The van der Waals surface area contributed by atoms with E-state index < -0.39 is 6.10 Å². The maximum Gasteiger partial charge on any atom is 0.0704 e. The van der Waals surface area contributed by atoms with E-state index in [-0.39, 0.29) is 6.04 Å². The van der Waals surface area contributed by atoms with E-state index in [9.17, 15) is 5.11 Å². The van der Waals surface area contributed by atoms with Crippen LogP contribution in [0.1, 0.15) is 18.5 Å².